The van der Waals surface area contributed by atoms with E-state index < -0.39 is 25.0 Å². The van der Waals surface area contributed by atoms with Crippen molar-refractivity contribution in [1.82, 2.24) is 0 Å². The highest BCUT2D eigenvalue weighted by molar-refractivity contribution is 4.78. The molecule has 0 rings (SSSR count). The number of methoxy groups -OCH3 is 1. The summed E-state index contributed by atoms with van der Waals surface area (Å²) < 4.78 is 57.4. The van der Waals surface area contributed by atoms with Crippen LogP contribution in [0.4, 0.5) is 17.7 Å². The van der Waals surface area contributed by atoms with Crippen molar-refractivity contribution in [3.05, 3.63) is 0 Å². The zero-order valence-corrected chi connectivity index (χ0v) is 7.86. The molecule has 0 aromatic carbocycles. The summed E-state index contributed by atoms with van der Waals surface area (Å²) in [7, 11) is 0.849. The van der Waals surface area contributed by atoms with Gasteiger partial charge in [0.2, 0.25) is 0 Å². The molecule has 0 heterocycles. The Morgan fingerprint density at radius 3 is 2.07 bits per heavy atom. The number of hydrogen-bond donors (Lipinski definition) is 0. The molecule has 1 atom stereocenters. The average Bonchev–Trinajstić information content (AvgIpc) is 2.10. The molecule has 0 aliphatic carbocycles. The molecule has 0 aromatic heterocycles. The highest BCUT2D eigenvalue weighted by Crippen LogP contribution is 2.37. The van der Waals surface area contributed by atoms with E-state index >= 15 is 0 Å². The third-order valence-corrected chi connectivity index (χ3v) is 1.65. The van der Waals surface area contributed by atoms with Gasteiger partial charge >= 0.3 is 6.18 Å². The summed E-state index contributed by atoms with van der Waals surface area (Å²) in [6.07, 6.45) is -5.48. The second-order valence-corrected chi connectivity index (χ2v) is 2.45. The Bertz CT molecular complexity index is 162. The minimum Gasteiger partial charge on any atom is -0.346 e. The van der Waals surface area contributed by atoms with Crippen molar-refractivity contribution < 1.29 is 32.1 Å². The Morgan fingerprint density at radius 1 is 1.21 bits per heavy atom. The Balaban J connectivity index is 4.60. The fourth-order valence-electron chi connectivity index (χ4n) is 0.979. The molecule has 7 heteroatoms. The third-order valence-electron chi connectivity index (χ3n) is 1.65. The van der Waals surface area contributed by atoms with E-state index in [0.29, 0.717) is 0 Å². The molecule has 0 aliphatic heterocycles. The fraction of sp³-hybridized carbons (Fsp3) is 1.00. The Morgan fingerprint density at radius 2 is 1.79 bits per heavy atom. The van der Waals surface area contributed by atoms with Gasteiger partial charge in [-0.25, -0.2) is 0 Å². The molecule has 14 heavy (non-hydrogen) atoms. The van der Waals surface area contributed by atoms with Gasteiger partial charge in [-0.2, -0.15) is 18.1 Å². The largest absolute Gasteiger partial charge is 0.443 e. The van der Waals surface area contributed by atoms with Crippen LogP contribution in [0.25, 0.3) is 0 Å². The topological polar surface area (TPSA) is 27.7 Å². The lowest BCUT2D eigenvalue weighted by atomic mass is 10.2. The van der Waals surface area contributed by atoms with E-state index in [1.807, 2.05) is 0 Å². The zero-order chi connectivity index (χ0) is 11.2. The lowest BCUT2D eigenvalue weighted by molar-refractivity contribution is -0.380. The van der Waals surface area contributed by atoms with Gasteiger partial charge in [-0.15, -0.1) is 0 Å². The molecule has 0 spiro atoms. The predicted molar refractivity (Wildman–Crippen MR) is 39.1 cm³/mol. The molecule has 0 radical (unpaired) electrons. The van der Waals surface area contributed by atoms with Gasteiger partial charge in [0.15, 0.2) is 0 Å². The van der Waals surface area contributed by atoms with Crippen LogP contribution in [0.3, 0.4) is 0 Å². The molecule has 0 amide bonds. The first kappa shape index (κ1) is 13.6. The van der Waals surface area contributed by atoms with Crippen molar-refractivity contribution >= 4 is 0 Å². The standard InChI is InChI=1S/C7H12F4O3/c1-3-13-6(12-2,4-5-14-11)7(8,9)10/h3-5H2,1-2H3. The van der Waals surface area contributed by atoms with Crippen LogP contribution in [-0.2, 0) is 14.4 Å². The monoisotopic (exact) mass is 220 g/mol. The van der Waals surface area contributed by atoms with E-state index in [9.17, 15) is 17.7 Å². The molecular weight excluding hydrogens is 208 g/mol. The molecule has 0 aliphatic rings. The van der Waals surface area contributed by atoms with E-state index in [1.165, 1.54) is 6.92 Å². The predicted octanol–water partition coefficient (Wildman–Crippen LogP) is 2.22. The molecule has 3 nitrogen and oxygen atoms in total. The van der Waals surface area contributed by atoms with Crippen LogP contribution in [0, 0.1) is 0 Å². The molecule has 0 N–H and O–H groups in total. The van der Waals surface area contributed by atoms with E-state index in [0.717, 1.165) is 7.11 Å². The van der Waals surface area contributed by atoms with E-state index in [1.54, 1.807) is 0 Å². The molecule has 0 saturated carbocycles. The maximum Gasteiger partial charge on any atom is 0.443 e. The quantitative estimate of drug-likeness (QED) is 0.507. The van der Waals surface area contributed by atoms with Gasteiger partial charge in [0.1, 0.15) is 0 Å². The molecule has 0 fully saturated rings. The third kappa shape index (κ3) is 3.07. The van der Waals surface area contributed by atoms with Gasteiger partial charge in [0.25, 0.3) is 5.79 Å². The number of alkyl halides is 3. The van der Waals surface area contributed by atoms with Crippen LogP contribution in [0.5, 0.6) is 0 Å². The number of halogens is 4. The molecule has 0 bridgehead atoms. The van der Waals surface area contributed by atoms with E-state index in [2.05, 4.69) is 14.4 Å². The first-order chi connectivity index (χ1) is 6.43. The van der Waals surface area contributed by atoms with Gasteiger partial charge in [0, 0.05) is 20.1 Å². The SMILES string of the molecule is CCOC(CCOF)(OC)C(F)(F)F. The van der Waals surface area contributed by atoms with Gasteiger partial charge in [-0.05, 0) is 11.4 Å². The van der Waals surface area contributed by atoms with Gasteiger partial charge in [-0.3, -0.25) is 0 Å². The Labute approximate surface area is 78.8 Å². The van der Waals surface area contributed by atoms with Crippen molar-refractivity contribution in [2.24, 2.45) is 0 Å². The Kier molecular flexibility index (Phi) is 5.32. The second-order valence-electron chi connectivity index (χ2n) is 2.45. The number of ether oxygens (including phenoxy) is 2. The van der Waals surface area contributed by atoms with Crippen molar-refractivity contribution in [2.75, 3.05) is 20.3 Å². The molecule has 0 aromatic rings. The van der Waals surface area contributed by atoms with Crippen molar-refractivity contribution in [3.8, 4) is 0 Å². The molecule has 1 unspecified atom stereocenters. The fourth-order valence-corrected chi connectivity index (χ4v) is 0.979. The van der Waals surface area contributed by atoms with Crippen LogP contribution in [0.2, 0.25) is 0 Å². The first-order valence-corrected chi connectivity index (χ1v) is 3.93. The van der Waals surface area contributed by atoms with Crippen LogP contribution in [-0.4, -0.2) is 32.3 Å². The average molecular weight is 220 g/mol. The van der Waals surface area contributed by atoms with Crippen LogP contribution in [0.1, 0.15) is 13.3 Å². The summed E-state index contributed by atoms with van der Waals surface area (Å²) in [5.41, 5.74) is 0. The van der Waals surface area contributed by atoms with Gasteiger partial charge in [0.05, 0.1) is 6.61 Å². The van der Waals surface area contributed by atoms with Crippen molar-refractivity contribution in [3.63, 3.8) is 0 Å². The smallest absolute Gasteiger partial charge is 0.346 e. The van der Waals surface area contributed by atoms with Crippen LogP contribution in [0.15, 0.2) is 0 Å². The van der Waals surface area contributed by atoms with E-state index in [4.69, 9.17) is 0 Å². The summed E-state index contributed by atoms with van der Waals surface area (Å²) in [5, 5.41) is 0. The van der Waals surface area contributed by atoms with Crippen LogP contribution < -0.4 is 0 Å². The Hall–Kier alpha value is -0.400. The normalized spacial score (nSPS) is 16.7. The summed E-state index contributed by atoms with van der Waals surface area (Å²) in [5.74, 6) is -2.78. The van der Waals surface area contributed by atoms with Crippen molar-refractivity contribution in [2.45, 2.75) is 25.3 Å². The highest BCUT2D eigenvalue weighted by Gasteiger charge is 2.56. The lowest BCUT2D eigenvalue weighted by Crippen LogP contribution is -2.50. The lowest BCUT2D eigenvalue weighted by Gasteiger charge is -2.33. The van der Waals surface area contributed by atoms with Gasteiger partial charge in [-0.1, -0.05) is 0 Å². The maximum atomic E-state index is 12.5. The maximum absolute atomic E-state index is 12.5. The minimum atomic E-state index is -4.73. The minimum absolute atomic E-state index is 0.195. The zero-order valence-electron chi connectivity index (χ0n) is 7.86. The second kappa shape index (κ2) is 5.47. The summed E-state index contributed by atoms with van der Waals surface area (Å²) in [6.45, 7) is 0.447. The van der Waals surface area contributed by atoms with Gasteiger partial charge < -0.3 is 9.47 Å². The van der Waals surface area contributed by atoms with Crippen LogP contribution >= 0.6 is 0 Å². The summed E-state index contributed by atoms with van der Waals surface area (Å²) in [6, 6.07) is 0. The summed E-state index contributed by atoms with van der Waals surface area (Å²) >= 11 is 0. The molecule has 86 valence electrons. The molecular formula is C7H12F4O3. The first-order valence-electron chi connectivity index (χ1n) is 3.93. The highest BCUT2D eigenvalue weighted by atomic mass is 19.4. The van der Waals surface area contributed by atoms with E-state index in [-0.39, 0.29) is 6.61 Å². The number of hydrogen-bond acceptors (Lipinski definition) is 3. The number of rotatable bonds is 6. The summed E-state index contributed by atoms with van der Waals surface area (Å²) in [4.78, 5) is 3.08. The van der Waals surface area contributed by atoms with Crippen molar-refractivity contribution in [1.29, 1.82) is 0 Å². The molecule has 0 saturated heterocycles.